The number of nitrogens with zero attached hydrogens (tertiary/aromatic N) is 1. The van der Waals surface area contributed by atoms with Crippen LogP contribution in [0.5, 0.6) is 5.75 Å². The molecule has 0 aliphatic heterocycles. The number of halogens is 2. The van der Waals surface area contributed by atoms with Crippen molar-refractivity contribution in [3.8, 4) is 5.75 Å². The van der Waals surface area contributed by atoms with Crippen LogP contribution in [0.4, 0.5) is 0 Å². The van der Waals surface area contributed by atoms with Gasteiger partial charge in [-0.3, -0.25) is 0 Å². The molecule has 0 amide bonds. The minimum atomic E-state index is -0.598. The zero-order valence-corrected chi connectivity index (χ0v) is 13.4. The van der Waals surface area contributed by atoms with Gasteiger partial charge in [0.05, 0.1) is 10.7 Å². The van der Waals surface area contributed by atoms with Crippen molar-refractivity contribution in [3.63, 3.8) is 0 Å². The van der Waals surface area contributed by atoms with Crippen molar-refractivity contribution in [1.29, 1.82) is 0 Å². The third kappa shape index (κ3) is 5.39. The van der Waals surface area contributed by atoms with Crippen LogP contribution in [0, 0.1) is 5.41 Å². The lowest BCUT2D eigenvalue weighted by Crippen LogP contribution is -2.19. The van der Waals surface area contributed by atoms with Crippen LogP contribution in [0.15, 0.2) is 23.4 Å². The van der Waals surface area contributed by atoms with E-state index in [1.54, 1.807) is 19.1 Å². The topological polar surface area (TPSA) is 47.9 Å². The van der Waals surface area contributed by atoms with Crippen molar-refractivity contribution in [2.75, 3.05) is 6.61 Å². The van der Waals surface area contributed by atoms with E-state index in [4.69, 9.17) is 32.8 Å². The number of hydrogen-bond acceptors (Lipinski definition) is 4. The van der Waals surface area contributed by atoms with E-state index in [0.29, 0.717) is 15.8 Å². The summed E-state index contributed by atoms with van der Waals surface area (Å²) in [5.74, 6) is -0.232. The second-order valence-corrected chi connectivity index (χ2v) is 6.10. The van der Waals surface area contributed by atoms with Crippen molar-refractivity contribution in [1.82, 2.24) is 0 Å². The summed E-state index contributed by atoms with van der Waals surface area (Å²) >= 11 is 11.7. The number of carbonyl (C=O) groups is 1. The summed E-state index contributed by atoms with van der Waals surface area (Å²) in [5.41, 5.74) is 0.566. The van der Waals surface area contributed by atoms with E-state index in [1.807, 2.05) is 20.8 Å². The van der Waals surface area contributed by atoms with Crippen LogP contribution in [-0.2, 0) is 9.63 Å². The Morgan fingerprint density at radius 3 is 2.50 bits per heavy atom. The second-order valence-electron chi connectivity index (χ2n) is 5.25. The number of ether oxygens (including phenoxy) is 1. The van der Waals surface area contributed by atoms with Crippen molar-refractivity contribution in [3.05, 3.63) is 28.2 Å². The summed E-state index contributed by atoms with van der Waals surface area (Å²) in [6.07, 6.45) is 0. The molecule has 0 radical (unpaired) electrons. The van der Waals surface area contributed by atoms with Gasteiger partial charge < -0.3 is 9.57 Å². The predicted molar refractivity (Wildman–Crippen MR) is 80.6 cm³/mol. The molecule has 0 saturated heterocycles. The van der Waals surface area contributed by atoms with Gasteiger partial charge in [-0.05, 0) is 25.1 Å². The fourth-order valence-electron chi connectivity index (χ4n) is 1.01. The Labute approximate surface area is 128 Å². The number of hydrogen-bond donors (Lipinski definition) is 0. The maximum absolute atomic E-state index is 11.5. The minimum Gasteiger partial charge on any atom is -0.480 e. The van der Waals surface area contributed by atoms with Gasteiger partial charge in [-0.2, -0.15) is 0 Å². The highest BCUT2D eigenvalue weighted by atomic mass is 35.5. The van der Waals surface area contributed by atoms with E-state index < -0.39 is 5.97 Å². The highest BCUT2D eigenvalue weighted by molar-refractivity contribution is 6.35. The molecule has 4 nitrogen and oxygen atoms in total. The van der Waals surface area contributed by atoms with Gasteiger partial charge in [-0.15, -0.1) is 0 Å². The fraction of sp³-hybridized carbons (Fsp3) is 0.429. The Morgan fingerprint density at radius 1 is 1.30 bits per heavy atom. The molecule has 0 fully saturated rings. The zero-order chi connectivity index (χ0) is 15.3. The van der Waals surface area contributed by atoms with Crippen molar-refractivity contribution in [2.24, 2.45) is 10.6 Å². The van der Waals surface area contributed by atoms with Crippen molar-refractivity contribution < 1.29 is 14.4 Å². The molecular formula is C14H17Cl2NO3. The van der Waals surface area contributed by atoms with Crippen LogP contribution < -0.4 is 4.74 Å². The van der Waals surface area contributed by atoms with Crippen LogP contribution in [-0.4, -0.2) is 18.3 Å². The summed E-state index contributed by atoms with van der Waals surface area (Å²) in [7, 11) is 0. The molecule has 0 heterocycles. The molecule has 0 aromatic heterocycles. The molecule has 0 atom stereocenters. The lowest BCUT2D eigenvalue weighted by atomic mass is 9.91. The lowest BCUT2D eigenvalue weighted by Gasteiger charge is -2.16. The van der Waals surface area contributed by atoms with Gasteiger partial charge in [0.15, 0.2) is 6.61 Å². The maximum Gasteiger partial charge on any atom is 0.372 e. The summed E-state index contributed by atoms with van der Waals surface area (Å²) in [5, 5.41) is 4.61. The Bertz CT molecular complexity index is 522. The molecule has 0 unspecified atom stereocenters. The monoisotopic (exact) mass is 317 g/mol. The number of carbonyl (C=O) groups excluding carboxylic acids is 1. The van der Waals surface area contributed by atoms with E-state index in [1.165, 1.54) is 6.07 Å². The van der Waals surface area contributed by atoms with Crippen LogP contribution >= 0.6 is 23.2 Å². The van der Waals surface area contributed by atoms with Crippen LogP contribution in [0.1, 0.15) is 27.7 Å². The third-order valence-corrected chi connectivity index (χ3v) is 3.14. The first kappa shape index (κ1) is 16.8. The first-order chi connectivity index (χ1) is 9.20. The first-order valence-electron chi connectivity index (χ1n) is 6.03. The smallest absolute Gasteiger partial charge is 0.372 e. The van der Waals surface area contributed by atoms with Crippen LogP contribution in [0.2, 0.25) is 10.0 Å². The van der Waals surface area contributed by atoms with E-state index in [2.05, 4.69) is 5.16 Å². The highest BCUT2D eigenvalue weighted by Gasteiger charge is 2.16. The van der Waals surface area contributed by atoms with Gasteiger partial charge in [-0.25, -0.2) is 4.79 Å². The quantitative estimate of drug-likeness (QED) is 0.471. The summed E-state index contributed by atoms with van der Waals surface area (Å²) in [4.78, 5) is 16.3. The highest BCUT2D eigenvalue weighted by Crippen LogP contribution is 2.27. The molecule has 0 saturated carbocycles. The molecule has 1 rings (SSSR count). The van der Waals surface area contributed by atoms with Gasteiger partial charge >= 0.3 is 5.97 Å². The van der Waals surface area contributed by atoms with Gasteiger partial charge in [0.2, 0.25) is 0 Å². The zero-order valence-electron chi connectivity index (χ0n) is 11.9. The Morgan fingerprint density at radius 2 is 1.95 bits per heavy atom. The molecule has 1 aromatic rings. The number of oxime groups is 1. The molecule has 110 valence electrons. The minimum absolute atomic E-state index is 0.152. The van der Waals surface area contributed by atoms with Gasteiger partial charge in [0.25, 0.3) is 0 Å². The largest absolute Gasteiger partial charge is 0.480 e. The van der Waals surface area contributed by atoms with Crippen LogP contribution in [0.25, 0.3) is 0 Å². The molecule has 0 aliphatic carbocycles. The Hall–Kier alpha value is -1.26. The fourth-order valence-corrected chi connectivity index (χ4v) is 1.47. The second kappa shape index (κ2) is 6.95. The van der Waals surface area contributed by atoms with Gasteiger partial charge in [0.1, 0.15) is 5.75 Å². The van der Waals surface area contributed by atoms with Crippen molar-refractivity contribution >= 4 is 34.9 Å². The van der Waals surface area contributed by atoms with Crippen LogP contribution in [0.3, 0.4) is 0 Å². The average molecular weight is 318 g/mol. The molecule has 20 heavy (non-hydrogen) atoms. The summed E-state index contributed by atoms with van der Waals surface area (Å²) in [6, 6.07) is 4.74. The number of rotatable bonds is 4. The maximum atomic E-state index is 11.5. The van der Waals surface area contributed by atoms with Crippen molar-refractivity contribution in [2.45, 2.75) is 27.7 Å². The lowest BCUT2D eigenvalue weighted by molar-refractivity contribution is -0.146. The molecule has 1 aromatic carbocycles. The number of benzene rings is 1. The normalized spacial score (nSPS) is 12.2. The van der Waals surface area contributed by atoms with E-state index in [9.17, 15) is 4.79 Å². The molecular weight excluding hydrogens is 301 g/mol. The molecule has 6 heteroatoms. The summed E-state index contributed by atoms with van der Waals surface area (Å²) < 4.78 is 5.24. The molecule has 0 N–H and O–H groups in total. The Kier molecular flexibility index (Phi) is 5.84. The molecule has 0 aliphatic rings. The van der Waals surface area contributed by atoms with E-state index >= 15 is 0 Å². The Balaban J connectivity index is 2.52. The standard InChI is InChI=1S/C14H17Cl2NO3/c1-9(14(2,3)4)17-20-13(18)8-19-12-6-5-10(15)7-11(12)16/h5-7H,8H2,1-4H3/b17-9-. The predicted octanol–water partition coefficient (Wildman–Crippen LogP) is 4.34. The molecule has 0 bridgehead atoms. The molecule has 0 spiro atoms. The SMILES string of the molecule is C/C(=N/OC(=O)COc1ccc(Cl)cc1Cl)C(C)(C)C. The summed E-state index contributed by atoms with van der Waals surface area (Å²) in [6.45, 7) is 7.45. The third-order valence-electron chi connectivity index (χ3n) is 2.61. The average Bonchev–Trinajstić information content (AvgIpc) is 2.33. The van der Waals surface area contributed by atoms with Gasteiger partial charge in [-0.1, -0.05) is 49.1 Å². The van der Waals surface area contributed by atoms with Gasteiger partial charge in [0, 0.05) is 10.4 Å². The van der Waals surface area contributed by atoms with E-state index in [-0.39, 0.29) is 12.0 Å². The first-order valence-corrected chi connectivity index (χ1v) is 6.78. The van der Waals surface area contributed by atoms with E-state index in [0.717, 1.165) is 5.71 Å².